The molecule has 1 amide bonds. The molecule has 0 saturated carbocycles. The lowest BCUT2D eigenvalue weighted by molar-refractivity contribution is -0.117. The minimum atomic E-state index is -0.0813. The third kappa shape index (κ3) is 3.44. The number of nitrogens with zero attached hydrogens (tertiary/aromatic N) is 3. The molecule has 1 aliphatic rings. The monoisotopic (exact) mass is 375 g/mol. The van der Waals surface area contributed by atoms with Crippen LogP contribution in [0.15, 0.2) is 53.1 Å². The van der Waals surface area contributed by atoms with Gasteiger partial charge in [0.15, 0.2) is 0 Å². The summed E-state index contributed by atoms with van der Waals surface area (Å²) in [5.41, 5.74) is 4.32. The molecule has 3 aromatic rings. The number of hydrogen-bond donors (Lipinski definition) is 0. The van der Waals surface area contributed by atoms with Gasteiger partial charge in [0.2, 0.25) is 17.6 Å². The van der Waals surface area contributed by atoms with Gasteiger partial charge in [-0.25, -0.2) is 0 Å². The van der Waals surface area contributed by atoms with Gasteiger partial charge in [0, 0.05) is 24.2 Å². The Balaban J connectivity index is 1.54. The van der Waals surface area contributed by atoms with Crippen molar-refractivity contribution in [2.75, 3.05) is 11.4 Å². The lowest BCUT2D eigenvalue weighted by Crippen LogP contribution is -2.25. The molecule has 0 spiro atoms. The molecule has 2 heterocycles. The zero-order valence-corrected chi connectivity index (χ0v) is 16.8. The fourth-order valence-corrected chi connectivity index (χ4v) is 3.61. The Morgan fingerprint density at radius 1 is 1.07 bits per heavy atom. The first-order valence-electron chi connectivity index (χ1n) is 9.63. The van der Waals surface area contributed by atoms with Gasteiger partial charge in [-0.05, 0) is 29.5 Å². The van der Waals surface area contributed by atoms with Gasteiger partial charge >= 0.3 is 0 Å². The molecule has 144 valence electrons. The molecule has 1 fully saturated rings. The van der Waals surface area contributed by atoms with E-state index in [1.807, 2.05) is 48.2 Å². The van der Waals surface area contributed by atoms with E-state index in [-0.39, 0.29) is 17.2 Å². The average Bonchev–Trinajstić information content (AvgIpc) is 3.29. The topological polar surface area (TPSA) is 59.2 Å². The molecular formula is C23H25N3O2. The predicted octanol–water partition coefficient (Wildman–Crippen LogP) is 4.86. The van der Waals surface area contributed by atoms with E-state index in [9.17, 15) is 4.79 Å². The highest BCUT2D eigenvalue weighted by molar-refractivity contribution is 5.97. The molecule has 1 aliphatic heterocycles. The SMILES string of the molecule is Cc1ccccc1N1CC(c2nc(-c3ccc(C(C)(C)C)cc3)no2)CC1=O. The summed E-state index contributed by atoms with van der Waals surface area (Å²) in [7, 11) is 0. The zero-order valence-electron chi connectivity index (χ0n) is 16.8. The van der Waals surface area contributed by atoms with Crippen LogP contribution in [0.1, 0.15) is 50.1 Å². The van der Waals surface area contributed by atoms with Gasteiger partial charge in [-0.15, -0.1) is 0 Å². The maximum absolute atomic E-state index is 12.6. The number of hydrogen-bond acceptors (Lipinski definition) is 4. The van der Waals surface area contributed by atoms with Crippen LogP contribution in [-0.2, 0) is 10.2 Å². The molecule has 1 saturated heterocycles. The number of aryl methyl sites for hydroxylation is 1. The Morgan fingerprint density at radius 3 is 2.46 bits per heavy atom. The third-order valence-corrected chi connectivity index (χ3v) is 5.33. The average molecular weight is 375 g/mol. The lowest BCUT2D eigenvalue weighted by atomic mass is 9.87. The Morgan fingerprint density at radius 2 is 1.79 bits per heavy atom. The number of rotatable bonds is 3. The number of anilines is 1. The van der Waals surface area contributed by atoms with Gasteiger partial charge in [-0.2, -0.15) is 4.98 Å². The molecule has 1 unspecified atom stereocenters. The third-order valence-electron chi connectivity index (χ3n) is 5.33. The van der Waals surface area contributed by atoms with Gasteiger partial charge in [-0.1, -0.05) is 68.4 Å². The fourth-order valence-electron chi connectivity index (χ4n) is 3.61. The maximum atomic E-state index is 12.6. The Hall–Kier alpha value is -2.95. The second-order valence-electron chi connectivity index (χ2n) is 8.48. The summed E-state index contributed by atoms with van der Waals surface area (Å²) < 4.78 is 5.52. The van der Waals surface area contributed by atoms with Gasteiger partial charge in [-0.3, -0.25) is 4.79 Å². The molecule has 2 aromatic carbocycles. The first kappa shape index (κ1) is 18.4. The van der Waals surface area contributed by atoms with Crippen LogP contribution < -0.4 is 4.90 Å². The standard InChI is InChI=1S/C23H25N3O2/c1-15-7-5-6-8-19(15)26-14-17(13-20(26)27)22-24-21(25-28-22)16-9-11-18(12-10-16)23(2,3)4/h5-12,17H,13-14H2,1-4H3. The van der Waals surface area contributed by atoms with Crippen molar-refractivity contribution in [2.24, 2.45) is 0 Å². The normalized spacial score (nSPS) is 17.4. The van der Waals surface area contributed by atoms with Crippen LogP contribution in [0, 0.1) is 6.92 Å². The predicted molar refractivity (Wildman–Crippen MR) is 109 cm³/mol. The molecule has 28 heavy (non-hydrogen) atoms. The number of carbonyl (C=O) groups excluding carboxylic acids is 1. The smallest absolute Gasteiger partial charge is 0.232 e. The highest BCUT2D eigenvalue weighted by Crippen LogP contribution is 2.33. The Labute approximate surface area is 165 Å². The van der Waals surface area contributed by atoms with Crippen molar-refractivity contribution < 1.29 is 9.32 Å². The lowest BCUT2D eigenvalue weighted by Gasteiger charge is -2.18. The number of aromatic nitrogens is 2. The largest absolute Gasteiger partial charge is 0.339 e. The molecule has 5 heteroatoms. The van der Waals surface area contributed by atoms with Gasteiger partial charge in [0.1, 0.15) is 0 Å². The highest BCUT2D eigenvalue weighted by atomic mass is 16.5. The van der Waals surface area contributed by atoms with E-state index < -0.39 is 0 Å². The summed E-state index contributed by atoms with van der Waals surface area (Å²) in [6.07, 6.45) is 0.388. The van der Waals surface area contributed by atoms with Gasteiger partial charge in [0.25, 0.3) is 0 Å². The summed E-state index contributed by atoms with van der Waals surface area (Å²) in [4.78, 5) is 19.0. The fraction of sp³-hybridized carbons (Fsp3) is 0.348. The van der Waals surface area contributed by atoms with Crippen molar-refractivity contribution in [3.8, 4) is 11.4 Å². The number of para-hydroxylation sites is 1. The van der Waals surface area contributed by atoms with Gasteiger partial charge < -0.3 is 9.42 Å². The minimum Gasteiger partial charge on any atom is -0.339 e. The van der Waals surface area contributed by atoms with E-state index >= 15 is 0 Å². The molecule has 1 atom stereocenters. The summed E-state index contributed by atoms with van der Waals surface area (Å²) in [5, 5.41) is 4.15. The second kappa shape index (κ2) is 6.89. The van der Waals surface area contributed by atoms with Crippen molar-refractivity contribution >= 4 is 11.6 Å². The molecular weight excluding hydrogens is 350 g/mol. The summed E-state index contributed by atoms with van der Waals surface area (Å²) in [6.45, 7) is 9.14. The van der Waals surface area contributed by atoms with Crippen LogP contribution in [0.4, 0.5) is 5.69 Å². The van der Waals surface area contributed by atoms with Crippen LogP contribution in [0.5, 0.6) is 0 Å². The Bertz CT molecular complexity index is 999. The maximum Gasteiger partial charge on any atom is 0.232 e. The van der Waals surface area contributed by atoms with Crippen molar-refractivity contribution in [2.45, 2.75) is 45.4 Å². The van der Waals surface area contributed by atoms with E-state index in [2.05, 4.69) is 43.0 Å². The van der Waals surface area contributed by atoms with Crippen LogP contribution in [0.3, 0.4) is 0 Å². The van der Waals surface area contributed by atoms with Crippen molar-refractivity contribution in [1.82, 2.24) is 10.1 Å². The number of amides is 1. The van der Waals surface area contributed by atoms with E-state index in [0.717, 1.165) is 16.8 Å². The molecule has 0 radical (unpaired) electrons. The molecule has 0 N–H and O–H groups in total. The van der Waals surface area contributed by atoms with Crippen LogP contribution in [0.2, 0.25) is 0 Å². The second-order valence-corrected chi connectivity index (χ2v) is 8.48. The summed E-state index contributed by atoms with van der Waals surface area (Å²) >= 11 is 0. The highest BCUT2D eigenvalue weighted by Gasteiger charge is 2.35. The first-order chi connectivity index (χ1) is 13.3. The summed E-state index contributed by atoms with van der Waals surface area (Å²) in [5.74, 6) is 1.10. The quantitative estimate of drug-likeness (QED) is 0.656. The van der Waals surface area contributed by atoms with Crippen LogP contribution in [-0.4, -0.2) is 22.6 Å². The first-order valence-corrected chi connectivity index (χ1v) is 9.63. The van der Waals surface area contributed by atoms with E-state index in [4.69, 9.17) is 4.52 Å². The molecule has 5 nitrogen and oxygen atoms in total. The van der Waals surface area contributed by atoms with E-state index in [1.54, 1.807) is 0 Å². The Kier molecular flexibility index (Phi) is 4.53. The molecule has 0 bridgehead atoms. The van der Waals surface area contributed by atoms with Crippen LogP contribution >= 0.6 is 0 Å². The van der Waals surface area contributed by atoms with Crippen molar-refractivity contribution in [3.05, 3.63) is 65.5 Å². The minimum absolute atomic E-state index is 0.0813. The van der Waals surface area contributed by atoms with E-state index in [0.29, 0.717) is 24.7 Å². The van der Waals surface area contributed by atoms with Gasteiger partial charge in [0.05, 0.1) is 5.92 Å². The van der Waals surface area contributed by atoms with E-state index in [1.165, 1.54) is 5.56 Å². The molecule has 4 rings (SSSR count). The molecule has 0 aliphatic carbocycles. The van der Waals surface area contributed by atoms with Crippen molar-refractivity contribution in [1.29, 1.82) is 0 Å². The number of benzene rings is 2. The molecule has 1 aromatic heterocycles. The van der Waals surface area contributed by atoms with Crippen molar-refractivity contribution in [3.63, 3.8) is 0 Å². The zero-order chi connectivity index (χ0) is 19.9. The van der Waals surface area contributed by atoms with Crippen LogP contribution in [0.25, 0.3) is 11.4 Å². The summed E-state index contributed by atoms with van der Waals surface area (Å²) in [6, 6.07) is 16.2. The number of carbonyl (C=O) groups is 1.